The highest BCUT2D eigenvalue weighted by molar-refractivity contribution is 5.80. The highest BCUT2D eigenvalue weighted by atomic mass is 16.6. The Balaban J connectivity index is 2.03. The minimum atomic E-state index is -0.647. The normalized spacial score (nSPS) is 24.6. The summed E-state index contributed by atoms with van der Waals surface area (Å²) in [6, 6.07) is 5.67. The zero-order chi connectivity index (χ0) is 18.6. The van der Waals surface area contributed by atoms with Gasteiger partial charge in [0.15, 0.2) is 0 Å². The highest BCUT2D eigenvalue weighted by Crippen LogP contribution is 2.35. The van der Waals surface area contributed by atoms with E-state index >= 15 is 0 Å². The first-order chi connectivity index (χ1) is 11.8. The number of esters is 1. The van der Waals surface area contributed by atoms with Gasteiger partial charge in [0.25, 0.3) is 5.69 Å². The number of ether oxygens (including phenoxy) is 1. The van der Waals surface area contributed by atoms with Gasteiger partial charge in [0.1, 0.15) is 17.8 Å². The maximum Gasteiger partial charge on any atom is 0.328 e. The van der Waals surface area contributed by atoms with E-state index in [-0.39, 0.29) is 17.8 Å². The van der Waals surface area contributed by atoms with Gasteiger partial charge in [-0.1, -0.05) is 39.3 Å². The average Bonchev–Trinajstić information content (AvgIpc) is 2.54. The Morgan fingerprint density at radius 3 is 2.60 bits per heavy atom. The standard InChI is InChI=1S/C19H28N2O4/c1-12(2)15-10-9-13(3)11-18(15)25-19(22)14(4)20-16-7-5-6-8-17(16)21(23)24/h5-8,12-15,18,20H,9-11H2,1-4H3/t13-,14?,15?,18+/m1/s1. The predicted molar refractivity (Wildman–Crippen MR) is 97.4 cm³/mol. The van der Waals surface area contributed by atoms with Gasteiger partial charge < -0.3 is 10.1 Å². The van der Waals surface area contributed by atoms with Crippen LogP contribution in [0.2, 0.25) is 0 Å². The van der Waals surface area contributed by atoms with E-state index in [0.717, 1.165) is 12.8 Å². The Labute approximate surface area is 149 Å². The molecule has 1 aliphatic rings. The number of carbonyl (C=O) groups excluding carboxylic acids is 1. The Bertz CT molecular complexity index is 617. The zero-order valence-electron chi connectivity index (χ0n) is 15.4. The lowest BCUT2D eigenvalue weighted by atomic mass is 9.75. The van der Waals surface area contributed by atoms with Gasteiger partial charge in [-0.15, -0.1) is 0 Å². The van der Waals surface area contributed by atoms with Crippen LogP contribution in [0.25, 0.3) is 0 Å². The summed E-state index contributed by atoms with van der Waals surface area (Å²) in [6.45, 7) is 8.19. The first-order valence-electron chi connectivity index (χ1n) is 9.00. The highest BCUT2D eigenvalue weighted by Gasteiger charge is 2.34. The molecule has 2 unspecified atom stereocenters. The van der Waals surface area contributed by atoms with Crippen molar-refractivity contribution in [2.75, 3.05) is 5.32 Å². The number of nitrogens with zero attached hydrogens (tertiary/aromatic N) is 1. The lowest BCUT2D eigenvalue weighted by Gasteiger charge is -2.37. The first kappa shape index (κ1) is 19.2. The summed E-state index contributed by atoms with van der Waals surface area (Å²) in [5.74, 6) is 1.02. The van der Waals surface area contributed by atoms with Crippen LogP contribution in [0.1, 0.15) is 47.0 Å². The number of nitro benzene ring substituents is 1. The molecular formula is C19H28N2O4. The SMILES string of the molecule is CC(Nc1ccccc1[N+](=O)[O-])C(=O)O[C@H]1C[C@H](C)CCC1C(C)C. The number of hydrogen-bond donors (Lipinski definition) is 1. The summed E-state index contributed by atoms with van der Waals surface area (Å²) >= 11 is 0. The Morgan fingerprint density at radius 1 is 1.28 bits per heavy atom. The topological polar surface area (TPSA) is 81.5 Å². The summed E-state index contributed by atoms with van der Waals surface area (Å²) in [6.07, 6.45) is 3.04. The number of para-hydroxylation sites is 2. The largest absolute Gasteiger partial charge is 0.461 e. The third-order valence-corrected chi connectivity index (χ3v) is 5.06. The summed E-state index contributed by atoms with van der Waals surface area (Å²) in [5, 5.41) is 14.0. The van der Waals surface area contributed by atoms with Crippen LogP contribution in [-0.2, 0) is 9.53 Å². The lowest BCUT2D eigenvalue weighted by Crippen LogP contribution is -2.39. The molecule has 1 saturated carbocycles. The van der Waals surface area contributed by atoms with E-state index in [1.165, 1.54) is 12.5 Å². The third-order valence-electron chi connectivity index (χ3n) is 5.06. The molecule has 25 heavy (non-hydrogen) atoms. The fourth-order valence-corrected chi connectivity index (χ4v) is 3.55. The molecule has 1 aromatic rings. The van der Waals surface area contributed by atoms with Gasteiger partial charge in [0, 0.05) is 6.07 Å². The van der Waals surface area contributed by atoms with Crippen molar-refractivity contribution in [1.82, 2.24) is 0 Å². The van der Waals surface area contributed by atoms with Crippen LogP contribution < -0.4 is 5.32 Å². The molecule has 0 radical (unpaired) electrons. The van der Waals surface area contributed by atoms with Crippen LogP contribution in [0.15, 0.2) is 24.3 Å². The van der Waals surface area contributed by atoms with Crippen LogP contribution in [0.5, 0.6) is 0 Å². The van der Waals surface area contributed by atoms with E-state index in [0.29, 0.717) is 23.4 Å². The minimum absolute atomic E-state index is 0.0477. The number of hydrogen-bond acceptors (Lipinski definition) is 5. The smallest absolute Gasteiger partial charge is 0.328 e. The summed E-state index contributed by atoms with van der Waals surface area (Å²) in [5.41, 5.74) is 0.280. The molecule has 0 saturated heterocycles. The van der Waals surface area contributed by atoms with E-state index in [9.17, 15) is 14.9 Å². The molecular weight excluding hydrogens is 320 g/mol. The predicted octanol–water partition coefficient (Wildman–Crippen LogP) is 4.40. The summed E-state index contributed by atoms with van der Waals surface area (Å²) in [4.78, 5) is 23.2. The number of nitrogens with one attached hydrogen (secondary N) is 1. The molecule has 1 aromatic carbocycles. The van der Waals surface area contributed by atoms with E-state index in [2.05, 4.69) is 26.1 Å². The van der Waals surface area contributed by atoms with Crippen molar-refractivity contribution in [2.45, 2.75) is 59.1 Å². The number of benzene rings is 1. The van der Waals surface area contributed by atoms with Crippen molar-refractivity contribution in [3.05, 3.63) is 34.4 Å². The lowest BCUT2D eigenvalue weighted by molar-refractivity contribution is -0.384. The molecule has 6 heteroatoms. The van der Waals surface area contributed by atoms with Gasteiger partial charge >= 0.3 is 5.97 Å². The maximum absolute atomic E-state index is 12.5. The molecule has 1 aliphatic carbocycles. The molecule has 2 rings (SSSR count). The fourth-order valence-electron chi connectivity index (χ4n) is 3.55. The second kappa shape index (κ2) is 8.32. The first-order valence-corrected chi connectivity index (χ1v) is 9.00. The van der Waals surface area contributed by atoms with E-state index in [1.54, 1.807) is 25.1 Å². The maximum atomic E-state index is 12.5. The molecule has 1 N–H and O–H groups in total. The molecule has 0 amide bonds. The second-order valence-electron chi connectivity index (χ2n) is 7.44. The fraction of sp³-hybridized carbons (Fsp3) is 0.632. The summed E-state index contributed by atoms with van der Waals surface area (Å²) < 4.78 is 5.80. The van der Waals surface area contributed by atoms with Gasteiger partial charge in [-0.25, -0.2) is 4.79 Å². The molecule has 0 heterocycles. The second-order valence-corrected chi connectivity index (χ2v) is 7.44. The third kappa shape index (κ3) is 4.94. The molecule has 0 bridgehead atoms. The van der Waals surface area contributed by atoms with Gasteiger partial charge in [0.2, 0.25) is 0 Å². The van der Waals surface area contributed by atoms with Gasteiger partial charge in [0.05, 0.1) is 4.92 Å². The number of rotatable bonds is 6. The van der Waals surface area contributed by atoms with Crippen molar-refractivity contribution in [3.63, 3.8) is 0 Å². The van der Waals surface area contributed by atoms with Crippen LogP contribution in [0.4, 0.5) is 11.4 Å². The van der Waals surface area contributed by atoms with E-state index < -0.39 is 11.0 Å². The number of anilines is 1. The molecule has 4 atom stereocenters. The number of carbonyl (C=O) groups is 1. The van der Waals surface area contributed by atoms with Crippen LogP contribution in [0, 0.1) is 27.9 Å². The average molecular weight is 348 g/mol. The van der Waals surface area contributed by atoms with Crippen molar-refractivity contribution >= 4 is 17.3 Å². The van der Waals surface area contributed by atoms with Crippen molar-refractivity contribution in [1.29, 1.82) is 0 Å². The molecule has 0 aliphatic heterocycles. The Morgan fingerprint density at radius 2 is 1.96 bits per heavy atom. The van der Waals surface area contributed by atoms with Crippen molar-refractivity contribution < 1.29 is 14.5 Å². The molecule has 0 spiro atoms. The van der Waals surface area contributed by atoms with Crippen LogP contribution in [0.3, 0.4) is 0 Å². The van der Waals surface area contributed by atoms with Crippen molar-refractivity contribution in [2.24, 2.45) is 17.8 Å². The molecule has 6 nitrogen and oxygen atoms in total. The van der Waals surface area contributed by atoms with Gasteiger partial charge in [-0.05, 0) is 43.6 Å². The Hall–Kier alpha value is -2.11. The molecule has 1 fully saturated rings. The molecule has 138 valence electrons. The number of nitro groups is 1. The monoisotopic (exact) mass is 348 g/mol. The zero-order valence-corrected chi connectivity index (χ0v) is 15.4. The Kier molecular flexibility index (Phi) is 6.39. The van der Waals surface area contributed by atoms with Gasteiger partial charge in [-0.3, -0.25) is 10.1 Å². The van der Waals surface area contributed by atoms with Crippen molar-refractivity contribution in [3.8, 4) is 0 Å². The minimum Gasteiger partial charge on any atom is -0.461 e. The van der Waals surface area contributed by atoms with Gasteiger partial charge in [-0.2, -0.15) is 0 Å². The molecule has 0 aromatic heterocycles. The van der Waals surface area contributed by atoms with E-state index in [1.807, 2.05) is 0 Å². The van der Waals surface area contributed by atoms with Crippen LogP contribution in [-0.4, -0.2) is 23.0 Å². The van der Waals surface area contributed by atoms with E-state index in [4.69, 9.17) is 4.74 Å². The van der Waals surface area contributed by atoms with Crippen LogP contribution >= 0.6 is 0 Å². The summed E-state index contributed by atoms with van der Waals surface area (Å²) in [7, 11) is 0. The quantitative estimate of drug-likeness (QED) is 0.468.